The molecule has 0 saturated carbocycles. The minimum absolute atomic E-state index is 0.100. The van der Waals surface area contributed by atoms with Gasteiger partial charge in [-0.15, -0.1) is 0 Å². The number of nitrogens with one attached hydrogen (secondary N) is 18. The van der Waals surface area contributed by atoms with Crippen molar-refractivity contribution in [1.82, 2.24) is 110 Å². The Morgan fingerprint density at radius 2 is 0.473 bits per heavy atom. The standard InChI is InChI=1S/C71H121N21O14S4/c1-90(34-18-58(97)80-32-40-91(36-20-60(99)76-28-24-72-54(93)14-6-2-10-50-64-46(42-107-50)82-68(103)86-64)37-21-61(100)77-29-25-73-55(94)15-7-3-11-51-65-47(43-108-51)83-69(104)87-65)35-19-59(98)81-33-41-92(38-22-62(101)78-30-26-74-56(95)16-8-4-12-52-66-48(44-109-52)84-70(105)88-66)39-23-63(102)79-31-27-75-57(96)17-9-5-13-53-67-49(45-110-53)85-71(106)89-67/h46-53,64-67H,2-45H2,1H3,(H,72,93)(H,73,94)(H,74,95)(H,75,96)(H,76,99)(H,77,100)(H,78,101)(H,79,102)(H,80,97)(H,81,98)(H2,82,86,103)(H2,83,87,104)(H2,84,88,105)(H2,85,89,106). The highest BCUT2D eigenvalue weighted by Crippen LogP contribution is 2.36. The van der Waals surface area contributed by atoms with Gasteiger partial charge in [-0.2, -0.15) is 47.0 Å². The predicted octanol–water partition coefficient (Wildman–Crippen LogP) is -2.07. The molecule has 39 heteroatoms. The van der Waals surface area contributed by atoms with E-state index in [4.69, 9.17) is 0 Å². The van der Waals surface area contributed by atoms with Crippen LogP contribution in [0, 0.1) is 0 Å². The average molecular weight is 1620 g/mol. The zero-order valence-electron chi connectivity index (χ0n) is 63.7. The molecular formula is C71H121N21O14S4. The smallest absolute Gasteiger partial charge is 0.315 e. The maximum absolute atomic E-state index is 13.2. The Kier molecular flexibility index (Phi) is 39.4. The summed E-state index contributed by atoms with van der Waals surface area (Å²) in [5.74, 6) is 1.70. The van der Waals surface area contributed by atoms with Crippen molar-refractivity contribution in [3.63, 3.8) is 0 Å². The van der Waals surface area contributed by atoms with E-state index in [1.807, 2.05) is 68.8 Å². The quantitative estimate of drug-likeness (QED) is 0.0230. The molecule has 35 nitrogen and oxygen atoms in total. The van der Waals surface area contributed by atoms with Gasteiger partial charge >= 0.3 is 24.1 Å². The molecule has 8 heterocycles. The number of carbonyl (C=O) groups excluding carboxylic acids is 14. The van der Waals surface area contributed by atoms with Crippen LogP contribution in [0.15, 0.2) is 0 Å². The third-order valence-electron chi connectivity index (χ3n) is 21.0. The highest BCUT2D eigenvalue weighted by atomic mass is 32.2. The molecule has 8 fully saturated rings. The number of carbonyl (C=O) groups is 14. The van der Waals surface area contributed by atoms with E-state index < -0.39 is 0 Å². The number of amides is 18. The number of thioether (sulfide) groups is 4. The lowest BCUT2D eigenvalue weighted by Crippen LogP contribution is -2.41. The third kappa shape index (κ3) is 33.0. The molecule has 18 N–H and O–H groups in total. The predicted molar refractivity (Wildman–Crippen MR) is 424 cm³/mol. The van der Waals surface area contributed by atoms with Crippen LogP contribution in [-0.2, 0) is 47.9 Å². The maximum Gasteiger partial charge on any atom is 0.315 e. The molecule has 8 aliphatic heterocycles. The fraction of sp³-hybridized carbons (Fsp3) is 0.803. The highest BCUT2D eigenvalue weighted by Gasteiger charge is 2.46. The highest BCUT2D eigenvalue weighted by molar-refractivity contribution is 8.01. The lowest BCUT2D eigenvalue weighted by Gasteiger charge is -2.23. The lowest BCUT2D eigenvalue weighted by molar-refractivity contribution is -0.124. The normalized spacial score (nSPS) is 23.7. The van der Waals surface area contributed by atoms with Gasteiger partial charge in [0, 0.05) is 226 Å². The molecule has 8 saturated heterocycles. The first-order valence-electron chi connectivity index (χ1n) is 39.7. The molecule has 0 aromatic carbocycles. The van der Waals surface area contributed by atoms with E-state index in [0.29, 0.717) is 98.5 Å². The molecular weight excluding hydrogens is 1500 g/mol. The molecule has 0 spiro atoms. The largest absolute Gasteiger partial charge is 0.355 e. The van der Waals surface area contributed by atoms with E-state index in [1.165, 1.54) is 0 Å². The Balaban J connectivity index is 0.688. The van der Waals surface area contributed by atoms with Crippen LogP contribution in [0.25, 0.3) is 0 Å². The first kappa shape index (κ1) is 88.6. The molecule has 0 radical (unpaired) electrons. The van der Waals surface area contributed by atoms with Gasteiger partial charge < -0.3 is 110 Å². The molecule has 0 aromatic heterocycles. The van der Waals surface area contributed by atoms with Gasteiger partial charge in [-0.1, -0.05) is 25.7 Å². The summed E-state index contributed by atoms with van der Waals surface area (Å²) in [7, 11) is 1.81. The molecule has 0 aliphatic carbocycles. The number of hydrogen-bond acceptors (Lipinski definition) is 21. The average Bonchev–Trinajstić information content (AvgIpc) is 1.69. The molecule has 8 aliphatic rings. The van der Waals surface area contributed by atoms with Crippen LogP contribution >= 0.6 is 47.0 Å². The molecule has 110 heavy (non-hydrogen) atoms. The molecule has 618 valence electrons. The minimum atomic E-state index is -0.241. The number of unbranched alkanes of at least 4 members (excludes halogenated alkanes) is 4. The summed E-state index contributed by atoms with van der Waals surface area (Å²) in [6, 6.07) is 0.633. The third-order valence-corrected chi connectivity index (χ3v) is 27.0. The van der Waals surface area contributed by atoms with Crippen LogP contribution in [0.5, 0.6) is 0 Å². The van der Waals surface area contributed by atoms with E-state index in [-0.39, 0.29) is 262 Å². The van der Waals surface area contributed by atoms with Crippen molar-refractivity contribution in [2.24, 2.45) is 0 Å². The van der Waals surface area contributed by atoms with Crippen LogP contribution in [-0.4, -0.2) is 315 Å². The minimum Gasteiger partial charge on any atom is -0.355 e. The summed E-state index contributed by atoms with van der Waals surface area (Å²) in [5.41, 5.74) is 0. The van der Waals surface area contributed by atoms with Crippen molar-refractivity contribution in [3.05, 3.63) is 0 Å². The second kappa shape index (κ2) is 48.9. The van der Waals surface area contributed by atoms with Crippen molar-refractivity contribution in [2.45, 2.75) is 211 Å². The van der Waals surface area contributed by atoms with Crippen molar-refractivity contribution >= 4 is 130 Å². The first-order valence-corrected chi connectivity index (χ1v) is 43.9. The van der Waals surface area contributed by atoms with Gasteiger partial charge in [-0.05, 0) is 58.4 Å². The Labute approximate surface area is 662 Å². The van der Waals surface area contributed by atoms with Crippen molar-refractivity contribution in [3.8, 4) is 0 Å². The summed E-state index contributed by atoms with van der Waals surface area (Å²) in [6.45, 7) is 4.96. The summed E-state index contributed by atoms with van der Waals surface area (Å²) in [4.78, 5) is 181. The Morgan fingerprint density at radius 3 is 0.700 bits per heavy atom. The number of nitrogens with zero attached hydrogens (tertiary/aromatic N) is 3. The van der Waals surface area contributed by atoms with Gasteiger partial charge in [0.05, 0.1) is 48.3 Å². The number of urea groups is 4. The van der Waals surface area contributed by atoms with Gasteiger partial charge in [-0.3, -0.25) is 47.9 Å². The number of fused-ring (bicyclic) bond motifs is 4. The van der Waals surface area contributed by atoms with Gasteiger partial charge in [0.25, 0.3) is 0 Å². The summed E-state index contributed by atoms with van der Waals surface area (Å²) in [5, 5.41) is 53.8. The topological polar surface area (TPSA) is 465 Å². The molecule has 0 aromatic rings. The van der Waals surface area contributed by atoms with Crippen LogP contribution in [0.2, 0.25) is 0 Å². The fourth-order valence-electron chi connectivity index (χ4n) is 14.7. The second-order valence-electron chi connectivity index (χ2n) is 29.5. The van der Waals surface area contributed by atoms with Gasteiger partial charge in [-0.25, -0.2) is 19.2 Å². The number of hydrogen-bond donors (Lipinski definition) is 18. The van der Waals surface area contributed by atoms with Crippen LogP contribution in [0.3, 0.4) is 0 Å². The monoisotopic (exact) mass is 1620 g/mol. The first-order chi connectivity index (χ1) is 53.2. The molecule has 12 unspecified atom stereocenters. The molecule has 0 bridgehead atoms. The lowest BCUT2D eigenvalue weighted by atomic mass is 10.0. The van der Waals surface area contributed by atoms with E-state index in [1.54, 1.807) is 0 Å². The van der Waals surface area contributed by atoms with Crippen LogP contribution < -0.4 is 95.7 Å². The molecule has 8 rings (SSSR count). The van der Waals surface area contributed by atoms with Crippen LogP contribution in [0.4, 0.5) is 19.2 Å². The van der Waals surface area contributed by atoms with Gasteiger partial charge in [0.2, 0.25) is 59.1 Å². The fourth-order valence-corrected chi connectivity index (χ4v) is 20.9. The van der Waals surface area contributed by atoms with Crippen molar-refractivity contribution in [2.75, 3.05) is 148 Å². The van der Waals surface area contributed by atoms with E-state index in [9.17, 15) is 67.1 Å². The Bertz CT molecular complexity index is 2700. The van der Waals surface area contributed by atoms with Gasteiger partial charge in [0.1, 0.15) is 0 Å². The Morgan fingerprint density at radius 1 is 0.273 bits per heavy atom. The summed E-state index contributed by atoms with van der Waals surface area (Å²) < 4.78 is 0. The Hall–Kier alpha value is -6.94. The summed E-state index contributed by atoms with van der Waals surface area (Å²) in [6.07, 6.45) is 12.0. The summed E-state index contributed by atoms with van der Waals surface area (Å²) >= 11 is 7.37. The van der Waals surface area contributed by atoms with E-state index in [2.05, 4.69) is 95.7 Å². The van der Waals surface area contributed by atoms with Crippen LogP contribution in [0.1, 0.15) is 141 Å². The van der Waals surface area contributed by atoms with E-state index >= 15 is 0 Å². The zero-order chi connectivity index (χ0) is 78.4. The maximum atomic E-state index is 13.2. The van der Waals surface area contributed by atoms with Gasteiger partial charge in [0.15, 0.2) is 0 Å². The van der Waals surface area contributed by atoms with Crippen molar-refractivity contribution < 1.29 is 67.1 Å². The number of rotatable bonds is 56. The van der Waals surface area contributed by atoms with E-state index in [0.717, 1.165) is 74.4 Å². The SMILES string of the molecule is CN(CCC(=O)NCCN(CCC(=O)NCCNC(=O)CCCCC1SCC2NC(=O)NC21)CCC(=O)NCCNC(=O)CCCCC1SCC2NC(=O)NC21)CCC(=O)NCCN(CCC(=O)NCCNC(=O)CCCCC1SCC2NC(=O)NC21)CCC(=O)NCCNC(=O)CCCCC1SCC2NC(=O)NC21. The molecule has 12 atom stereocenters. The second-order valence-corrected chi connectivity index (χ2v) is 34.5. The van der Waals surface area contributed by atoms with Crippen molar-refractivity contribution in [1.29, 1.82) is 0 Å². The molecule has 18 amide bonds. The zero-order valence-corrected chi connectivity index (χ0v) is 67.0.